The van der Waals surface area contributed by atoms with Crippen LogP contribution in [0, 0.1) is 3.57 Å². The minimum absolute atomic E-state index is 0.180. The second-order valence-electron chi connectivity index (χ2n) is 3.16. The van der Waals surface area contributed by atoms with Gasteiger partial charge in [0.25, 0.3) is 0 Å². The molecule has 0 aliphatic carbocycles. The molecular weight excluding hydrogens is 313 g/mol. The molecule has 0 bridgehead atoms. The maximum atomic E-state index is 9.16. The Kier molecular flexibility index (Phi) is 4.70. The van der Waals surface area contributed by atoms with Gasteiger partial charge in [0.2, 0.25) is 0 Å². The van der Waals surface area contributed by atoms with E-state index in [2.05, 4.69) is 13.8 Å². The number of hydrogen-bond donors (Lipinski definition) is 2. The van der Waals surface area contributed by atoms with Gasteiger partial charge in [0.05, 0.1) is 0 Å². The molecule has 0 aliphatic rings. The first-order valence-electron chi connectivity index (χ1n) is 4.29. The third-order valence-corrected chi connectivity index (χ3v) is 4.71. The van der Waals surface area contributed by atoms with E-state index in [4.69, 9.17) is 21.6 Å². The molecule has 0 aliphatic heterocycles. The first-order valence-corrected chi connectivity index (χ1v) is 7.00. The van der Waals surface area contributed by atoms with Crippen molar-refractivity contribution in [2.24, 2.45) is 0 Å². The van der Waals surface area contributed by atoms with E-state index in [1.165, 1.54) is 0 Å². The Labute approximate surface area is 99.7 Å². The molecule has 1 aromatic carbocycles. The van der Waals surface area contributed by atoms with Gasteiger partial charge in [-0.15, -0.1) is 0 Å². The summed E-state index contributed by atoms with van der Waals surface area (Å²) in [6.45, 7) is 4.27. The van der Waals surface area contributed by atoms with Crippen LogP contribution in [0.25, 0.3) is 0 Å². The monoisotopic (exact) mass is 325 g/mol. The van der Waals surface area contributed by atoms with Gasteiger partial charge >= 0.3 is 100.0 Å². The maximum absolute atomic E-state index is 9.16. The molecule has 0 radical (unpaired) electrons. The fourth-order valence-electron chi connectivity index (χ4n) is 1.05. The van der Waals surface area contributed by atoms with Crippen LogP contribution in [0.2, 0.25) is 5.02 Å². The van der Waals surface area contributed by atoms with E-state index < -0.39 is 7.12 Å². The Balaban J connectivity index is 3.02. The quantitative estimate of drug-likeness (QED) is 0.372. The van der Waals surface area contributed by atoms with Crippen LogP contribution in [0.3, 0.4) is 0 Å². The zero-order valence-electron chi connectivity index (χ0n) is 8.04. The van der Waals surface area contributed by atoms with E-state index >= 15 is 0 Å². The van der Waals surface area contributed by atoms with Gasteiger partial charge in [-0.05, 0) is 0 Å². The van der Waals surface area contributed by atoms with Crippen molar-refractivity contribution in [1.29, 1.82) is 0 Å². The van der Waals surface area contributed by atoms with E-state index in [1.807, 2.05) is 6.07 Å². The molecule has 0 aromatic heterocycles. The van der Waals surface area contributed by atoms with Crippen molar-refractivity contribution in [2.75, 3.05) is 0 Å². The van der Waals surface area contributed by atoms with Crippen LogP contribution in [-0.4, -0.2) is 21.1 Å². The van der Waals surface area contributed by atoms with Crippen LogP contribution in [0.4, 0.5) is 0 Å². The van der Waals surface area contributed by atoms with E-state index in [0.717, 1.165) is 3.57 Å². The normalized spacial score (nSPS) is 11.0. The van der Waals surface area contributed by atoms with Crippen molar-refractivity contribution in [3.8, 4) is 0 Å². The molecule has 78 valence electrons. The van der Waals surface area contributed by atoms with E-state index in [-0.39, 0.29) is 21.2 Å². The van der Waals surface area contributed by atoms with Crippen LogP contribution in [0.1, 0.15) is 13.8 Å². The van der Waals surface area contributed by atoms with Gasteiger partial charge in [0.15, 0.2) is 0 Å². The number of benzene rings is 1. The molecule has 0 amide bonds. The third-order valence-electron chi connectivity index (χ3n) is 1.57. The summed E-state index contributed by atoms with van der Waals surface area (Å²) < 4.78 is 1.64. The van der Waals surface area contributed by atoms with Gasteiger partial charge in [-0.1, -0.05) is 0 Å². The fraction of sp³-hybridized carbons (Fsp3) is 0.333. The molecule has 2 nitrogen and oxygen atoms in total. The summed E-state index contributed by atoms with van der Waals surface area (Å²) in [5.74, 6) is 0. The summed E-state index contributed by atoms with van der Waals surface area (Å²) in [5.41, 5.74) is 0.555. The first kappa shape index (κ1) is 12.3. The third kappa shape index (κ3) is 3.42. The molecule has 0 fully saturated rings. The zero-order chi connectivity index (χ0) is 10.7. The second kappa shape index (κ2) is 5.35. The summed E-state index contributed by atoms with van der Waals surface area (Å²) in [4.78, 5) is 0. The first-order chi connectivity index (χ1) is 6.50. The fourth-order valence-corrected chi connectivity index (χ4v) is 3.75. The summed E-state index contributed by atoms with van der Waals surface area (Å²) in [6, 6.07) is 5.32. The molecule has 0 atom stereocenters. The van der Waals surface area contributed by atoms with Crippen molar-refractivity contribution >= 4 is 24.2 Å². The molecule has 1 aromatic rings. The topological polar surface area (TPSA) is 40.5 Å². The Bertz CT molecular complexity index is 318. The average molecular weight is 325 g/mol. The summed E-state index contributed by atoms with van der Waals surface area (Å²) in [6.07, 6.45) is 0. The molecule has 0 saturated heterocycles. The van der Waals surface area contributed by atoms with Gasteiger partial charge in [0, 0.05) is 0 Å². The predicted octanol–water partition coefficient (Wildman–Crippen LogP) is -2.31. The van der Waals surface area contributed by atoms with Crippen LogP contribution in [0.15, 0.2) is 18.2 Å². The molecule has 0 heterocycles. The van der Waals surface area contributed by atoms with Gasteiger partial charge in [-0.25, -0.2) is 0 Å². The standard InChI is InChI=1S/C9H12BClIO2/c1-6(2)12-9-4-3-7(11)5-8(9)10(13)14/h3-6,13-14H,1-2H3/q-1. The molecule has 5 heteroatoms. The molecule has 1 rings (SSSR count). The van der Waals surface area contributed by atoms with Crippen molar-refractivity contribution in [3.05, 3.63) is 26.8 Å². The average Bonchev–Trinajstić information content (AvgIpc) is 2.07. The van der Waals surface area contributed by atoms with E-state index in [9.17, 15) is 0 Å². The SMILES string of the molecule is CC(C)[I-]c1ccc(Cl)cc1B(O)O. The van der Waals surface area contributed by atoms with Crippen molar-refractivity contribution in [3.63, 3.8) is 0 Å². The summed E-state index contributed by atoms with van der Waals surface area (Å²) in [7, 11) is -1.41. The molecule has 0 spiro atoms. The Morgan fingerprint density at radius 2 is 2.00 bits per heavy atom. The van der Waals surface area contributed by atoms with Crippen LogP contribution in [-0.2, 0) is 0 Å². The van der Waals surface area contributed by atoms with Gasteiger partial charge < -0.3 is 0 Å². The van der Waals surface area contributed by atoms with Crippen LogP contribution in [0.5, 0.6) is 0 Å². The van der Waals surface area contributed by atoms with Crippen molar-refractivity contribution < 1.29 is 31.3 Å². The number of hydrogen-bond acceptors (Lipinski definition) is 2. The molecule has 0 saturated carbocycles. The number of rotatable bonds is 3. The Morgan fingerprint density at radius 1 is 1.36 bits per heavy atom. The molecule has 2 N–H and O–H groups in total. The van der Waals surface area contributed by atoms with Crippen LogP contribution < -0.4 is 26.7 Å². The Hall–Kier alpha value is 0.225. The van der Waals surface area contributed by atoms with Gasteiger partial charge in [-0.3, -0.25) is 0 Å². The van der Waals surface area contributed by atoms with Crippen LogP contribution >= 0.6 is 11.6 Å². The second-order valence-corrected chi connectivity index (χ2v) is 7.88. The predicted molar refractivity (Wildman–Crippen MR) is 55.1 cm³/mol. The summed E-state index contributed by atoms with van der Waals surface area (Å²) >= 11 is 5.61. The van der Waals surface area contributed by atoms with Crippen molar-refractivity contribution in [2.45, 2.75) is 17.8 Å². The number of halogens is 2. The minimum atomic E-state index is -1.41. The zero-order valence-corrected chi connectivity index (χ0v) is 11.0. The molecular formula is C9H12BClIO2-. The molecule has 0 unspecified atom stereocenters. The van der Waals surface area contributed by atoms with Gasteiger partial charge in [0.1, 0.15) is 0 Å². The Morgan fingerprint density at radius 3 is 2.50 bits per heavy atom. The van der Waals surface area contributed by atoms with E-state index in [1.54, 1.807) is 12.1 Å². The molecule has 14 heavy (non-hydrogen) atoms. The summed E-state index contributed by atoms with van der Waals surface area (Å²) in [5, 5.41) is 18.9. The van der Waals surface area contributed by atoms with Crippen molar-refractivity contribution in [1.82, 2.24) is 0 Å². The van der Waals surface area contributed by atoms with Gasteiger partial charge in [-0.2, -0.15) is 0 Å². The van der Waals surface area contributed by atoms with E-state index in [0.29, 0.717) is 14.4 Å². The number of alkyl halides is 1.